The van der Waals surface area contributed by atoms with Crippen molar-refractivity contribution in [3.63, 3.8) is 0 Å². The van der Waals surface area contributed by atoms with Gasteiger partial charge in [-0.15, -0.1) is 0 Å². The normalized spacial score (nSPS) is 15.6. The van der Waals surface area contributed by atoms with E-state index in [0.29, 0.717) is 16.7 Å². The summed E-state index contributed by atoms with van der Waals surface area (Å²) in [7, 11) is 1.22. The van der Waals surface area contributed by atoms with Crippen molar-refractivity contribution in [3.8, 4) is 11.5 Å². The Morgan fingerprint density at radius 2 is 2.07 bits per heavy atom. The highest BCUT2D eigenvalue weighted by molar-refractivity contribution is 8.18. The number of phenolic OH excluding ortho intramolecular Hbond substituents is 1. The van der Waals surface area contributed by atoms with Gasteiger partial charge in [0.05, 0.1) is 29.1 Å². The number of nitro benzene ring substituents is 1. The van der Waals surface area contributed by atoms with Crippen molar-refractivity contribution in [2.75, 3.05) is 13.7 Å². The third kappa shape index (κ3) is 4.56. The second-order valence-corrected chi connectivity index (χ2v) is 6.64. The number of benzene rings is 1. The highest BCUT2D eigenvalue weighted by Crippen LogP contribution is 2.39. The fourth-order valence-electron chi connectivity index (χ4n) is 2.19. The van der Waals surface area contributed by atoms with Gasteiger partial charge in [-0.3, -0.25) is 29.4 Å². The summed E-state index contributed by atoms with van der Waals surface area (Å²) in [5.74, 6) is -2.09. The fourth-order valence-corrected chi connectivity index (χ4v) is 3.02. The standard InChI is InChI=1S/C16H16N2O8S/c1-8(2)26-13(19)7-17-15(21)12(27-16(17)22)5-9-4-10(18(23)24)6-11(25-3)14(9)20/h4-6,8,20H,7H2,1-3H3/b12-5-. The first-order valence-corrected chi connectivity index (χ1v) is 8.46. The summed E-state index contributed by atoms with van der Waals surface area (Å²) in [6.07, 6.45) is 0.728. The number of imide groups is 1. The number of aromatic hydroxyl groups is 1. The molecule has 2 rings (SSSR count). The van der Waals surface area contributed by atoms with Gasteiger partial charge in [0.1, 0.15) is 6.54 Å². The molecule has 1 aromatic rings. The molecule has 0 aliphatic carbocycles. The maximum atomic E-state index is 12.4. The molecule has 0 radical (unpaired) electrons. The van der Waals surface area contributed by atoms with Crippen LogP contribution in [0.4, 0.5) is 10.5 Å². The third-order valence-corrected chi connectivity index (χ3v) is 4.24. The lowest BCUT2D eigenvalue weighted by atomic mass is 10.1. The van der Waals surface area contributed by atoms with Crippen molar-refractivity contribution >= 4 is 40.6 Å². The zero-order valence-corrected chi connectivity index (χ0v) is 15.4. The number of amides is 2. The van der Waals surface area contributed by atoms with Crippen LogP contribution < -0.4 is 4.74 Å². The second-order valence-electron chi connectivity index (χ2n) is 5.65. The maximum Gasteiger partial charge on any atom is 0.326 e. The Hall–Kier alpha value is -3.08. The zero-order valence-electron chi connectivity index (χ0n) is 14.6. The first kappa shape index (κ1) is 20.2. The van der Waals surface area contributed by atoms with Crippen LogP contribution in [-0.2, 0) is 14.3 Å². The molecule has 0 atom stereocenters. The fraction of sp³-hybridized carbons (Fsp3) is 0.312. The highest BCUT2D eigenvalue weighted by atomic mass is 32.2. The summed E-state index contributed by atoms with van der Waals surface area (Å²) < 4.78 is 9.79. The molecule has 0 spiro atoms. The average molecular weight is 396 g/mol. The number of ether oxygens (including phenoxy) is 2. The van der Waals surface area contributed by atoms with Crippen LogP contribution >= 0.6 is 11.8 Å². The highest BCUT2D eigenvalue weighted by Gasteiger charge is 2.37. The largest absolute Gasteiger partial charge is 0.504 e. The molecule has 0 aromatic heterocycles. The van der Waals surface area contributed by atoms with Gasteiger partial charge in [0, 0.05) is 11.6 Å². The van der Waals surface area contributed by atoms with Crippen LogP contribution in [0.1, 0.15) is 19.4 Å². The number of rotatable bonds is 6. The zero-order chi connectivity index (χ0) is 20.3. The number of carbonyl (C=O) groups excluding carboxylic acids is 3. The topological polar surface area (TPSA) is 136 Å². The number of thioether (sulfide) groups is 1. The third-order valence-electron chi connectivity index (χ3n) is 3.33. The quantitative estimate of drug-likeness (QED) is 0.332. The van der Waals surface area contributed by atoms with Gasteiger partial charge >= 0.3 is 5.97 Å². The second kappa shape index (κ2) is 8.08. The molecular weight excluding hydrogens is 380 g/mol. The minimum atomic E-state index is -0.768. The number of carbonyl (C=O) groups is 3. The van der Waals surface area contributed by atoms with Crippen LogP contribution in [0.15, 0.2) is 17.0 Å². The molecule has 0 bridgehead atoms. The van der Waals surface area contributed by atoms with Crippen molar-refractivity contribution in [1.29, 1.82) is 0 Å². The smallest absolute Gasteiger partial charge is 0.326 e. The Morgan fingerprint density at radius 3 is 2.63 bits per heavy atom. The van der Waals surface area contributed by atoms with Gasteiger partial charge in [-0.2, -0.15) is 0 Å². The number of methoxy groups -OCH3 is 1. The molecule has 27 heavy (non-hydrogen) atoms. The Bertz CT molecular complexity index is 849. The van der Waals surface area contributed by atoms with Crippen molar-refractivity contribution in [1.82, 2.24) is 4.90 Å². The lowest BCUT2D eigenvalue weighted by molar-refractivity contribution is -0.385. The number of esters is 1. The number of phenols is 1. The summed E-state index contributed by atoms with van der Waals surface area (Å²) >= 11 is 0.543. The summed E-state index contributed by atoms with van der Waals surface area (Å²) in [5, 5.41) is 20.5. The van der Waals surface area contributed by atoms with Crippen molar-refractivity contribution in [2.45, 2.75) is 20.0 Å². The van der Waals surface area contributed by atoms with E-state index in [9.17, 15) is 29.6 Å². The molecule has 1 aliphatic heterocycles. The lowest BCUT2D eigenvalue weighted by Gasteiger charge is -2.13. The summed E-state index contributed by atoms with van der Waals surface area (Å²) in [4.78, 5) is 47.0. The van der Waals surface area contributed by atoms with E-state index in [1.165, 1.54) is 7.11 Å². The number of non-ortho nitro benzene ring substituents is 1. The molecule has 1 aromatic carbocycles. The Morgan fingerprint density at radius 1 is 1.41 bits per heavy atom. The van der Waals surface area contributed by atoms with Crippen LogP contribution in [0, 0.1) is 10.1 Å². The molecule has 2 amide bonds. The van der Waals surface area contributed by atoms with Gasteiger partial charge in [-0.05, 0) is 31.7 Å². The van der Waals surface area contributed by atoms with E-state index in [2.05, 4.69) is 0 Å². The molecule has 1 saturated heterocycles. The van der Waals surface area contributed by atoms with Gasteiger partial charge in [-0.25, -0.2) is 0 Å². The summed E-state index contributed by atoms with van der Waals surface area (Å²) in [6.45, 7) is 2.71. The SMILES string of the molecule is COc1cc([N+](=O)[O-])cc(/C=C2\SC(=O)N(CC(=O)OC(C)C)C2=O)c1O. The first-order valence-electron chi connectivity index (χ1n) is 7.64. The molecule has 0 saturated carbocycles. The molecule has 11 heteroatoms. The molecular formula is C16H16N2O8S. The number of nitro groups is 1. The molecule has 1 N–H and O–H groups in total. The van der Waals surface area contributed by atoms with Gasteiger partial charge in [0.2, 0.25) is 0 Å². The average Bonchev–Trinajstić information content (AvgIpc) is 2.83. The Kier molecular flexibility index (Phi) is 6.05. The van der Waals surface area contributed by atoms with Crippen molar-refractivity contribution < 1.29 is 33.9 Å². The minimum absolute atomic E-state index is 0.0729. The molecule has 10 nitrogen and oxygen atoms in total. The van der Waals surface area contributed by atoms with E-state index in [-0.39, 0.29) is 21.9 Å². The first-order chi connectivity index (χ1) is 12.6. The van der Waals surface area contributed by atoms with E-state index >= 15 is 0 Å². The predicted octanol–water partition coefficient (Wildman–Crippen LogP) is 2.30. The van der Waals surface area contributed by atoms with Crippen LogP contribution in [0.2, 0.25) is 0 Å². The van der Waals surface area contributed by atoms with E-state index in [0.717, 1.165) is 18.2 Å². The van der Waals surface area contributed by atoms with Crippen LogP contribution in [-0.4, -0.2) is 51.8 Å². The number of hydrogen-bond acceptors (Lipinski definition) is 9. The predicted molar refractivity (Wildman–Crippen MR) is 95.2 cm³/mol. The maximum absolute atomic E-state index is 12.4. The van der Waals surface area contributed by atoms with Gasteiger partial charge in [-0.1, -0.05) is 0 Å². The molecule has 144 valence electrons. The monoisotopic (exact) mass is 396 g/mol. The van der Waals surface area contributed by atoms with Gasteiger partial charge in [0.25, 0.3) is 16.8 Å². The van der Waals surface area contributed by atoms with E-state index in [1.54, 1.807) is 13.8 Å². The Labute approximate surface area is 157 Å². The molecule has 1 heterocycles. The van der Waals surface area contributed by atoms with E-state index in [4.69, 9.17) is 9.47 Å². The van der Waals surface area contributed by atoms with Crippen molar-refractivity contribution in [3.05, 3.63) is 32.7 Å². The number of nitrogens with zero attached hydrogens (tertiary/aromatic N) is 2. The van der Waals surface area contributed by atoms with Crippen LogP contribution in [0.3, 0.4) is 0 Å². The van der Waals surface area contributed by atoms with Gasteiger partial charge < -0.3 is 14.6 Å². The number of hydrogen-bond donors (Lipinski definition) is 1. The molecule has 1 fully saturated rings. The lowest BCUT2D eigenvalue weighted by Crippen LogP contribution is -2.35. The van der Waals surface area contributed by atoms with Crippen LogP contribution in [0.5, 0.6) is 11.5 Å². The van der Waals surface area contributed by atoms with Crippen LogP contribution in [0.25, 0.3) is 6.08 Å². The van der Waals surface area contributed by atoms with Gasteiger partial charge in [0.15, 0.2) is 11.5 Å². The summed E-state index contributed by atoms with van der Waals surface area (Å²) in [5.41, 5.74) is -0.438. The molecule has 0 unspecified atom stereocenters. The van der Waals surface area contributed by atoms with E-state index < -0.39 is 40.4 Å². The minimum Gasteiger partial charge on any atom is -0.504 e. The van der Waals surface area contributed by atoms with E-state index in [1.807, 2.05) is 0 Å². The Balaban J connectivity index is 2.34. The van der Waals surface area contributed by atoms with Crippen molar-refractivity contribution in [2.24, 2.45) is 0 Å². The molecule has 1 aliphatic rings. The summed E-state index contributed by atoms with van der Waals surface area (Å²) in [6, 6.07) is 2.07.